The summed E-state index contributed by atoms with van der Waals surface area (Å²) in [5.41, 5.74) is 2.15. The second kappa shape index (κ2) is 6.98. The smallest absolute Gasteiger partial charge is 0.315 e. The van der Waals surface area contributed by atoms with Crippen LogP contribution in [0.5, 0.6) is 0 Å². The minimum atomic E-state index is -0.182. The van der Waals surface area contributed by atoms with Crippen molar-refractivity contribution in [1.29, 1.82) is 0 Å². The van der Waals surface area contributed by atoms with Gasteiger partial charge in [-0.3, -0.25) is 0 Å². The Morgan fingerprint density at radius 3 is 2.68 bits per heavy atom. The summed E-state index contributed by atoms with van der Waals surface area (Å²) in [6.45, 7) is 2.19. The minimum absolute atomic E-state index is 0.182. The van der Waals surface area contributed by atoms with Crippen molar-refractivity contribution in [2.24, 2.45) is 5.92 Å². The third-order valence-electron chi connectivity index (χ3n) is 3.24. The first-order chi connectivity index (χ1) is 9.28. The van der Waals surface area contributed by atoms with Gasteiger partial charge in [0.1, 0.15) is 0 Å². The van der Waals surface area contributed by atoms with Crippen LogP contribution in [0.1, 0.15) is 38.2 Å². The predicted octanol–water partition coefficient (Wildman–Crippen LogP) is 4.07. The molecule has 1 saturated carbocycles. The van der Waals surface area contributed by atoms with Crippen molar-refractivity contribution < 1.29 is 4.79 Å². The fourth-order valence-corrected chi connectivity index (χ4v) is 1.85. The highest BCUT2D eigenvalue weighted by atomic mass is 16.2. The highest BCUT2D eigenvalue weighted by Crippen LogP contribution is 2.29. The summed E-state index contributed by atoms with van der Waals surface area (Å²) in [5.74, 6) is 0.679. The number of rotatable bonds is 6. The molecule has 1 aliphatic rings. The van der Waals surface area contributed by atoms with Crippen molar-refractivity contribution in [2.75, 3.05) is 5.32 Å². The van der Waals surface area contributed by atoms with Crippen LogP contribution in [0.4, 0.5) is 10.5 Å². The molecule has 0 atom stereocenters. The number of hydrogen-bond donors (Lipinski definition) is 2. The van der Waals surface area contributed by atoms with E-state index in [0.717, 1.165) is 12.1 Å². The Morgan fingerprint density at radius 2 is 2.05 bits per heavy atom. The van der Waals surface area contributed by atoms with E-state index in [0.29, 0.717) is 5.92 Å². The molecule has 0 aromatic heterocycles. The Balaban J connectivity index is 1.76. The zero-order chi connectivity index (χ0) is 13.5. The topological polar surface area (TPSA) is 41.1 Å². The molecule has 0 unspecified atom stereocenters. The van der Waals surface area contributed by atoms with Gasteiger partial charge >= 0.3 is 6.03 Å². The van der Waals surface area contributed by atoms with Crippen LogP contribution in [0, 0.1) is 5.92 Å². The summed E-state index contributed by atoms with van der Waals surface area (Å²) in [7, 11) is 0. The van der Waals surface area contributed by atoms with E-state index in [2.05, 4.69) is 29.7 Å². The summed E-state index contributed by atoms with van der Waals surface area (Å²) in [4.78, 5) is 11.6. The molecule has 0 aliphatic heterocycles. The second-order valence-corrected chi connectivity index (χ2v) is 5.10. The summed E-state index contributed by atoms with van der Waals surface area (Å²) >= 11 is 0. The van der Waals surface area contributed by atoms with Crippen LogP contribution in [-0.2, 0) is 6.42 Å². The van der Waals surface area contributed by atoms with Crippen LogP contribution in [0.15, 0.2) is 36.5 Å². The molecule has 0 radical (unpaired) electrons. The maximum absolute atomic E-state index is 11.6. The molecule has 1 aromatic carbocycles. The molecular weight excluding hydrogens is 236 g/mol. The van der Waals surface area contributed by atoms with E-state index in [1.165, 1.54) is 31.2 Å². The molecule has 3 nitrogen and oxygen atoms in total. The van der Waals surface area contributed by atoms with Crippen LogP contribution in [0.3, 0.4) is 0 Å². The Bertz CT molecular complexity index is 433. The number of hydrogen-bond acceptors (Lipinski definition) is 1. The molecule has 3 heteroatoms. The van der Waals surface area contributed by atoms with Crippen molar-refractivity contribution in [3.8, 4) is 0 Å². The maximum atomic E-state index is 11.6. The molecular formula is C16H22N2O. The van der Waals surface area contributed by atoms with Gasteiger partial charge in [0.25, 0.3) is 0 Å². The van der Waals surface area contributed by atoms with Crippen molar-refractivity contribution in [1.82, 2.24) is 5.32 Å². The van der Waals surface area contributed by atoms with Gasteiger partial charge < -0.3 is 10.6 Å². The van der Waals surface area contributed by atoms with Crippen molar-refractivity contribution in [3.05, 3.63) is 42.1 Å². The van der Waals surface area contributed by atoms with Crippen molar-refractivity contribution >= 4 is 11.7 Å². The molecule has 2 amide bonds. The lowest BCUT2D eigenvalue weighted by Crippen LogP contribution is -2.23. The molecule has 19 heavy (non-hydrogen) atoms. The zero-order valence-electron chi connectivity index (χ0n) is 11.5. The third-order valence-corrected chi connectivity index (χ3v) is 3.24. The molecule has 0 saturated heterocycles. The summed E-state index contributed by atoms with van der Waals surface area (Å²) in [5, 5.41) is 5.54. The van der Waals surface area contributed by atoms with Gasteiger partial charge in [-0.1, -0.05) is 31.6 Å². The van der Waals surface area contributed by atoms with E-state index in [4.69, 9.17) is 0 Å². The fourth-order valence-electron chi connectivity index (χ4n) is 1.85. The molecule has 1 aromatic rings. The first-order valence-corrected chi connectivity index (χ1v) is 7.11. The molecule has 0 bridgehead atoms. The predicted molar refractivity (Wildman–Crippen MR) is 79.1 cm³/mol. The molecule has 2 rings (SSSR count). The fraction of sp³-hybridized carbons (Fsp3) is 0.438. The number of benzene rings is 1. The number of allylic oxidation sites excluding steroid dienone is 1. The van der Waals surface area contributed by atoms with Gasteiger partial charge in [0.05, 0.1) is 0 Å². The SMILES string of the molecule is CCCCc1ccc(NC(=O)N/C=C/C2CC2)cc1. The van der Waals surface area contributed by atoms with E-state index in [-0.39, 0.29) is 6.03 Å². The van der Waals surface area contributed by atoms with Gasteiger partial charge in [0.2, 0.25) is 0 Å². The van der Waals surface area contributed by atoms with Crippen LogP contribution in [0.25, 0.3) is 0 Å². The Kier molecular flexibility index (Phi) is 5.01. The largest absolute Gasteiger partial charge is 0.323 e. The number of carbonyl (C=O) groups excluding carboxylic acids is 1. The Morgan fingerprint density at radius 1 is 1.32 bits per heavy atom. The van der Waals surface area contributed by atoms with Crippen LogP contribution < -0.4 is 10.6 Å². The van der Waals surface area contributed by atoms with Gasteiger partial charge in [-0.15, -0.1) is 0 Å². The number of nitrogens with one attached hydrogen (secondary N) is 2. The first-order valence-electron chi connectivity index (χ1n) is 7.11. The van der Waals surface area contributed by atoms with E-state index in [9.17, 15) is 4.79 Å². The molecule has 1 fully saturated rings. The first kappa shape index (κ1) is 13.7. The lowest BCUT2D eigenvalue weighted by molar-refractivity contribution is 0.255. The van der Waals surface area contributed by atoms with Gasteiger partial charge in [-0.05, 0) is 49.3 Å². The van der Waals surface area contributed by atoms with Gasteiger partial charge in [-0.2, -0.15) is 0 Å². The minimum Gasteiger partial charge on any atom is -0.315 e. The van der Waals surface area contributed by atoms with E-state index < -0.39 is 0 Å². The lowest BCUT2D eigenvalue weighted by Gasteiger charge is -2.06. The second-order valence-electron chi connectivity index (χ2n) is 5.10. The number of anilines is 1. The monoisotopic (exact) mass is 258 g/mol. The zero-order valence-corrected chi connectivity index (χ0v) is 11.5. The standard InChI is InChI=1S/C16H22N2O/c1-2-3-4-13-7-9-15(10-8-13)18-16(19)17-12-11-14-5-6-14/h7-12,14H,2-6H2,1H3,(H2,17,18,19)/b12-11+. The number of urea groups is 1. The lowest BCUT2D eigenvalue weighted by atomic mass is 10.1. The van der Waals surface area contributed by atoms with Crippen LogP contribution >= 0.6 is 0 Å². The highest BCUT2D eigenvalue weighted by Gasteiger charge is 2.16. The Labute approximate surface area is 115 Å². The quantitative estimate of drug-likeness (QED) is 0.793. The molecule has 0 heterocycles. The van der Waals surface area contributed by atoms with Crippen LogP contribution in [-0.4, -0.2) is 6.03 Å². The summed E-state index contributed by atoms with van der Waals surface area (Å²) in [6, 6.07) is 7.87. The van der Waals surface area contributed by atoms with Crippen molar-refractivity contribution in [2.45, 2.75) is 39.0 Å². The number of aryl methyl sites for hydroxylation is 1. The van der Waals surface area contributed by atoms with Gasteiger partial charge in [0.15, 0.2) is 0 Å². The average molecular weight is 258 g/mol. The van der Waals surface area contributed by atoms with Crippen molar-refractivity contribution in [3.63, 3.8) is 0 Å². The summed E-state index contributed by atoms with van der Waals surface area (Å²) in [6.07, 6.45) is 9.80. The summed E-state index contributed by atoms with van der Waals surface area (Å²) < 4.78 is 0. The van der Waals surface area contributed by atoms with Crippen LogP contribution in [0.2, 0.25) is 0 Å². The Hall–Kier alpha value is -1.77. The van der Waals surface area contributed by atoms with Gasteiger partial charge in [0, 0.05) is 11.9 Å². The molecule has 1 aliphatic carbocycles. The number of amides is 2. The molecule has 102 valence electrons. The third kappa shape index (κ3) is 5.16. The van der Waals surface area contributed by atoms with E-state index in [1.807, 2.05) is 18.2 Å². The van der Waals surface area contributed by atoms with E-state index in [1.54, 1.807) is 6.20 Å². The average Bonchev–Trinajstić information content (AvgIpc) is 3.22. The number of unbranched alkanes of at least 4 members (excludes halogenated alkanes) is 1. The van der Waals surface area contributed by atoms with Gasteiger partial charge in [-0.25, -0.2) is 4.79 Å². The number of carbonyl (C=O) groups is 1. The van der Waals surface area contributed by atoms with E-state index >= 15 is 0 Å². The molecule has 2 N–H and O–H groups in total. The molecule has 0 spiro atoms. The maximum Gasteiger partial charge on any atom is 0.323 e. The normalized spacial score (nSPS) is 14.6. The highest BCUT2D eigenvalue weighted by molar-refractivity contribution is 5.89.